The molecule has 8 heteroatoms. The van der Waals surface area contributed by atoms with Gasteiger partial charge in [0.1, 0.15) is 34.0 Å². The topological polar surface area (TPSA) is 97.7 Å². The first kappa shape index (κ1) is 37.6. The van der Waals surface area contributed by atoms with Crippen LogP contribution in [-0.2, 0) is 15.9 Å². The number of benzene rings is 1. The molecule has 1 aromatic carbocycles. The van der Waals surface area contributed by atoms with E-state index in [-0.39, 0.29) is 34.8 Å². The Labute approximate surface area is 304 Å². The Bertz CT molecular complexity index is 1690. The van der Waals surface area contributed by atoms with Crippen molar-refractivity contribution in [3.05, 3.63) is 69.4 Å². The average molecular weight is 702 g/mol. The summed E-state index contributed by atoms with van der Waals surface area (Å²) < 4.78 is 26.5. The highest BCUT2D eigenvalue weighted by Gasteiger charge is 2.73. The number of aliphatic hydroxyl groups is 1. The Kier molecular flexibility index (Phi) is 10.6. The minimum atomic E-state index is -1.30. The van der Waals surface area contributed by atoms with Crippen molar-refractivity contribution < 1.29 is 34.0 Å². The third kappa shape index (κ3) is 6.45. The number of ether oxygens (including phenoxy) is 4. The molecule has 2 bridgehead atoms. The number of carbonyl (C=O) groups excluding carboxylic acids is 1. The number of phenolic OH excluding ortho intramolecular Hbond substituents is 1. The number of aliphatic hydroxyl groups excluding tert-OH is 1. The first-order valence-electron chi connectivity index (χ1n) is 18.9. The van der Waals surface area contributed by atoms with Gasteiger partial charge >= 0.3 is 0 Å². The summed E-state index contributed by atoms with van der Waals surface area (Å²) in [5.74, 6) is 0.150. The standard InChI is InChI=1S/C43H59NO7/c1-26(2)11-10-16-41(8)17-15-31-36(45)35-37(46)34-24-30-23-33(28(5)6)43(34,51-39(35)32(38(31)50-41)13-12-27(3)4)42(48-9,40(30)47)18-14-29(7)25-44-19-21-49-22-20-44/h11-12,14-15,17,24,28,30,33,40,45,47H,10,13,16,18-23,25H2,1-9H3/b29-14-/t30-,33-,40-,41+,42-,43?/m0/s1. The minimum Gasteiger partial charge on any atom is -0.506 e. The smallest absolute Gasteiger partial charge is 0.200 e. The summed E-state index contributed by atoms with van der Waals surface area (Å²) in [5.41, 5.74) is 2.22. The molecule has 1 aromatic rings. The van der Waals surface area contributed by atoms with Crippen LogP contribution in [0.3, 0.4) is 0 Å². The fourth-order valence-electron chi connectivity index (χ4n) is 9.18. The van der Waals surface area contributed by atoms with Crippen LogP contribution in [0.2, 0.25) is 0 Å². The van der Waals surface area contributed by atoms with E-state index in [9.17, 15) is 10.2 Å². The van der Waals surface area contributed by atoms with Crippen molar-refractivity contribution in [2.45, 2.75) is 110 Å². The maximum atomic E-state index is 15.1. The number of methoxy groups -OCH3 is 1. The second-order valence-corrected chi connectivity index (χ2v) is 16.5. The number of phenols is 1. The van der Waals surface area contributed by atoms with Crippen molar-refractivity contribution in [2.75, 3.05) is 40.0 Å². The quantitative estimate of drug-likeness (QED) is 0.226. The number of hydrogen-bond donors (Lipinski definition) is 2. The molecule has 2 fully saturated rings. The molecule has 3 heterocycles. The largest absolute Gasteiger partial charge is 0.506 e. The van der Waals surface area contributed by atoms with Gasteiger partial charge in [0.15, 0.2) is 11.4 Å². The third-order valence-electron chi connectivity index (χ3n) is 11.9. The van der Waals surface area contributed by atoms with Crippen molar-refractivity contribution in [2.24, 2.45) is 17.8 Å². The van der Waals surface area contributed by atoms with Crippen LogP contribution >= 0.6 is 0 Å². The van der Waals surface area contributed by atoms with E-state index in [1.54, 1.807) is 7.11 Å². The van der Waals surface area contributed by atoms with Gasteiger partial charge in [0.25, 0.3) is 0 Å². The van der Waals surface area contributed by atoms with Gasteiger partial charge < -0.3 is 29.2 Å². The Morgan fingerprint density at radius 2 is 1.76 bits per heavy atom. The lowest BCUT2D eigenvalue weighted by molar-refractivity contribution is -0.255. The Morgan fingerprint density at radius 1 is 1.06 bits per heavy atom. The van der Waals surface area contributed by atoms with Gasteiger partial charge in [-0.25, -0.2) is 0 Å². The lowest BCUT2D eigenvalue weighted by atomic mass is 9.48. The van der Waals surface area contributed by atoms with E-state index in [4.69, 9.17) is 18.9 Å². The minimum absolute atomic E-state index is 0.107. The SMILES string of the molecule is CO[C@@]1(C/C=C(/C)CN2CCOCC2)[C@@H](O)[C@@H]2C=C3C(=O)c4c(O)c5c(c(CC=C(C)C)c4OC31[C@H](C(C)C)C2)O[C@](C)(CCC=C(C)C)C=C5. The van der Waals surface area contributed by atoms with Gasteiger partial charge in [-0.2, -0.15) is 0 Å². The molecular formula is C43H59NO7. The molecule has 51 heavy (non-hydrogen) atoms. The Hall–Kier alpha value is -3.17. The van der Waals surface area contributed by atoms with E-state index in [0.717, 1.165) is 62.4 Å². The zero-order valence-corrected chi connectivity index (χ0v) is 32.2. The number of nitrogens with zero attached hydrogens (tertiary/aromatic N) is 1. The van der Waals surface area contributed by atoms with Crippen molar-refractivity contribution in [3.63, 3.8) is 0 Å². The van der Waals surface area contributed by atoms with E-state index < -0.39 is 22.9 Å². The third-order valence-corrected chi connectivity index (χ3v) is 11.9. The number of hydrogen-bond acceptors (Lipinski definition) is 8. The molecule has 1 saturated carbocycles. The summed E-state index contributed by atoms with van der Waals surface area (Å²) in [5, 5.41) is 24.3. The van der Waals surface area contributed by atoms with Crippen LogP contribution in [0.5, 0.6) is 17.2 Å². The van der Waals surface area contributed by atoms with Gasteiger partial charge in [-0.05, 0) is 85.3 Å². The number of ketones is 1. The lowest BCUT2D eigenvalue weighted by Gasteiger charge is -2.65. The van der Waals surface area contributed by atoms with Gasteiger partial charge in [0.05, 0.1) is 24.9 Å². The average Bonchev–Trinajstić information content (AvgIpc) is 3.07. The molecule has 0 amide bonds. The molecule has 6 aliphatic rings. The highest BCUT2D eigenvalue weighted by molar-refractivity contribution is 6.16. The van der Waals surface area contributed by atoms with Gasteiger partial charge in [0, 0.05) is 56.1 Å². The molecule has 1 spiro atoms. The number of fused-ring (bicyclic) bond motifs is 4. The van der Waals surface area contributed by atoms with Crippen molar-refractivity contribution in [1.29, 1.82) is 0 Å². The van der Waals surface area contributed by atoms with E-state index >= 15 is 4.79 Å². The first-order chi connectivity index (χ1) is 24.2. The van der Waals surface area contributed by atoms with Gasteiger partial charge in [0.2, 0.25) is 0 Å². The number of aromatic hydroxyl groups is 1. The molecule has 7 rings (SSSR count). The van der Waals surface area contributed by atoms with E-state index in [0.29, 0.717) is 41.9 Å². The normalized spacial score (nSPS) is 31.3. The van der Waals surface area contributed by atoms with Crippen molar-refractivity contribution in [1.82, 2.24) is 4.90 Å². The maximum absolute atomic E-state index is 15.1. The van der Waals surface area contributed by atoms with Crippen LogP contribution in [0.15, 0.2) is 52.7 Å². The molecule has 1 unspecified atom stereocenters. The summed E-state index contributed by atoms with van der Waals surface area (Å²) in [6.07, 6.45) is 14.5. The van der Waals surface area contributed by atoms with Crippen LogP contribution in [0.4, 0.5) is 0 Å². The second kappa shape index (κ2) is 14.3. The fraction of sp³-hybridized carbons (Fsp3) is 0.605. The molecule has 1 saturated heterocycles. The highest BCUT2D eigenvalue weighted by atomic mass is 16.6. The molecule has 3 aliphatic carbocycles. The van der Waals surface area contributed by atoms with Crippen molar-refractivity contribution >= 4 is 11.9 Å². The summed E-state index contributed by atoms with van der Waals surface area (Å²) in [7, 11) is 1.64. The van der Waals surface area contributed by atoms with Gasteiger partial charge in [-0.1, -0.05) is 54.9 Å². The second-order valence-electron chi connectivity index (χ2n) is 16.5. The first-order valence-corrected chi connectivity index (χ1v) is 18.9. The fourth-order valence-corrected chi connectivity index (χ4v) is 9.18. The molecule has 3 aliphatic heterocycles. The van der Waals surface area contributed by atoms with E-state index in [2.05, 4.69) is 64.7 Å². The summed E-state index contributed by atoms with van der Waals surface area (Å²) >= 11 is 0. The van der Waals surface area contributed by atoms with Crippen LogP contribution < -0.4 is 9.47 Å². The summed E-state index contributed by atoms with van der Waals surface area (Å²) in [4.78, 5) is 17.5. The molecule has 2 N–H and O–H groups in total. The molecule has 8 nitrogen and oxygen atoms in total. The highest BCUT2D eigenvalue weighted by Crippen LogP contribution is 2.64. The summed E-state index contributed by atoms with van der Waals surface area (Å²) in [6.45, 7) is 20.8. The molecule has 0 aromatic heterocycles. The van der Waals surface area contributed by atoms with Crippen LogP contribution in [0.25, 0.3) is 6.08 Å². The summed E-state index contributed by atoms with van der Waals surface area (Å²) in [6, 6.07) is 0. The number of carbonyl (C=O) groups is 1. The van der Waals surface area contributed by atoms with E-state index in [1.165, 1.54) is 5.57 Å². The number of Topliss-reactive ketones (excluding diaryl/α,β-unsaturated/α-hetero) is 1. The zero-order chi connectivity index (χ0) is 36.9. The van der Waals surface area contributed by atoms with Gasteiger partial charge in [-0.3, -0.25) is 9.69 Å². The monoisotopic (exact) mass is 701 g/mol. The van der Waals surface area contributed by atoms with Gasteiger partial charge in [-0.15, -0.1) is 0 Å². The van der Waals surface area contributed by atoms with Crippen LogP contribution in [-0.4, -0.2) is 83.8 Å². The number of allylic oxidation sites excluding steroid dienone is 4. The Morgan fingerprint density at radius 3 is 2.41 bits per heavy atom. The predicted octanol–water partition coefficient (Wildman–Crippen LogP) is 7.77. The lowest BCUT2D eigenvalue weighted by Crippen LogP contribution is -2.77. The molecule has 0 radical (unpaired) electrons. The molecule has 278 valence electrons. The van der Waals surface area contributed by atoms with E-state index in [1.807, 2.05) is 32.1 Å². The Balaban J connectivity index is 1.53. The maximum Gasteiger partial charge on any atom is 0.200 e. The zero-order valence-electron chi connectivity index (χ0n) is 32.2. The van der Waals surface area contributed by atoms with Crippen molar-refractivity contribution in [3.8, 4) is 17.2 Å². The predicted molar refractivity (Wildman–Crippen MR) is 202 cm³/mol. The number of rotatable bonds is 11. The number of morpholine rings is 1. The van der Waals surface area contributed by atoms with Crippen LogP contribution in [0.1, 0.15) is 103 Å². The molecular weight excluding hydrogens is 642 g/mol. The molecule has 6 atom stereocenters. The van der Waals surface area contributed by atoms with Crippen LogP contribution in [0, 0.1) is 17.8 Å².